The van der Waals surface area contributed by atoms with Gasteiger partial charge in [0.15, 0.2) is 0 Å². The van der Waals surface area contributed by atoms with Crippen LogP contribution in [0.15, 0.2) is 18.2 Å². The first kappa shape index (κ1) is 17.1. The molecule has 0 atom stereocenters. The molecule has 0 aliphatic heterocycles. The Balaban J connectivity index is 2.12. The highest BCUT2D eigenvalue weighted by Gasteiger charge is 2.45. The van der Waals surface area contributed by atoms with Gasteiger partial charge >= 0.3 is 5.97 Å². The lowest BCUT2D eigenvalue weighted by atomic mass is 9.66. The average Bonchev–Trinajstić information content (AvgIpc) is 2.45. The van der Waals surface area contributed by atoms with Crippen molar-refractivity contribution in [3.05, 3.63) is 18.2 Å². The number of carbonyl (C=O) groups excluding carboxylic acids is 1. The van der Waals surface area contributed by atoms with E-state index < -0.39 is 11.4 Å². The van der Waals surface area contributed by atoms with Gasteiger partial charge in [0, 0.05) is 12.5 Å². The first-order valence-corrected chi connectivity index (χ1v) is 7.93. The van der Waals surface area contributed by atoms with Crippen LogP contribution in [0.4, 0.5) is 5.69 Å². The summed E-state index contributed by atoms with van der Waals surface area (Å²) in [6.45, 7) is 4.72. The van der Waals surface area contributed by atoms with Crippen LogP contribution in [-0.2, 0) is 9.59 Å². The molecule has 1 fully saturated rings. The van der Waals surface area contributed by atoms with Crippen LogP contribution in [0.25, 0.3) is 0 Å². The number of carbonyl (C=O) groups is 2. The van der Waals surface area contributed by atoms with Crippen LogP contribution in [0, 0.1) is 5.41 Å². The van der Waals surface area contributed by atoms with Crippen LogP contribution >= 0.6 is 0 Å². The fraction of sp³-hybridized carbons (Fsp3) is 0.529. The number of carboxylic acid groups (broad SMARTS) is 1. The largest absolute Gasteiger partial charge is 0.494 e. The van der Waals surface area contributed by atoms with Crippen molar-refractivity contribution < 1.29 is 24.2 Å². The molecule has 1 aliphatic rings. The molecule has 0 radical (unpaired) electrons. The van der Waals surface area contributed by atoms with Gasteiger partial charge < -0.3 is 19.9 Å². The Hall–Kier alpha value is -2.24. The fourth-order valence-electron chi connectivity index (χ4n) is 2.72. The molecule has 126 valence electrons. The third-order valence-corrected chi connectivity index (χ3v) is 4.10. The number of hydrogen-bond donors (Lipinski definition) is 2. The number of rotatable bonds is 8. The molecule has 1 aliphatic carbocycles. The highest BCUT2D eigenvalue weighted by atomic mass is 16.5. The predicted octanol–water partition coefficient (Wildman–Crippen LogP) is 3.07. The summed E-state index contributed by atoms with van der Waals surface area (Å²) in [4.78, 5) is 23.7. The van der Waals surface area contributed by atoms with Crippen LogP contribution in [0.3, 0.4) is 0 Å². The minimum absolute atomic E-state index is 0.0211. The maximum absolute atomic E-state index is 12.3. The molecule has 2 N–H and O–H groups in total. The highest BCUT2D eigenvalue weighted by molar-refractivity contribution is 5.95. The van der Waals surface area contributed by atoms with Crippen molar-refractivity contribution in [1.29, 1.82) is 0 Å². The summed E-state index contributed by atoms with van der Waals surface area (Å²) >= 11 is 0. The van der Waals surface area contributed by atoms with Gasteiger partial charge in [-0.25, -0.2) is 0 Å². The van der Waals surface area contributed by atoms with Crippen LogP contribution in [0.5, 0.6) is 11.5 Å². The summed E-state index contributed by atoms with van der Waals surface area (Å²) in [6, 6.07) is 5.20. The Morgan fingerprint density at radius 1 is 1.22 bits per heavy atom. The summed E-state index contributed by atoms with van der Waals surface area (Å²) in [5.74, 6) is -0.0427. The zero-order valence-corrected chi connectivity index (χ0v) is 13.6. The fourth-order valence-corrected chi connectivity index (χ4v) is 2.72. The van der Waals surface area contributed by atoms with Gasteiger partial charge in [0.1, 0.15) is 11.5 Å². The molecule has 0 bridgehead atoms. The maximum Gasteiger partial charge on any atom is 0.310 e. The quantitative estimate of drug-likeness (QED) is 0.768. The SMILES string of the molecule is CCOc1ccc(OCC)c(NC(=O)CC2(C(=O)O)CCC2)c1. The molecular weight excluding hydrogens is 298 g/mol. The van der Waals surface area contributed by atoms with E-state index in [0.29, 0.717) is 43.2 Å². The van der Waals surface area contributed by atoms with E-state index in [9.17, 15) is 14.7 Å². The number of aliphatic carboxylic acids is 1. The lowest BCUT2D eigenvalue weighted by Crippen LogP contribution is -2.41. The van der Waals surface area contributed by atoms with Crippen molar-refractivity contribution in [2.75, 3.05) is 18.5 Å². The molecule has 0 heterocycles. The van der Waals surface area contributed by atoms with Gasteiger partial charge in [0.25, 0.3) is 0 Å². The minimum atomic E-state index is -0.909. The van der Waals surface area contributed by atoms with Gasteiger partial charge in [-0.15, -0.1) is 0 Å². The second-order valence-corrected chi connectivity index (χ2v) is 5.69. The molecule has 1 saturated carbocycles. The van der Waals surface area contributed by atoms with Crippen molar-refractivity contribution in [3.8, 4) is 11.5 Å². The molecule has 1 aromatic carbocycles. The van der Waals surface area contributed by atoms with E-state index in [1.54, 1.807) is 18.2 Å². The third kappa shape index (κ3) is 3.94. The first-order valence-electron chi connectivity index (χ1n) is 7.93. The molecule has 0 spiro atoms. The van der Waals surface area contributed by atoms with Gasteiger partial charge in [0.2, 0.25) is 5.91 Å². The molecule has 0 aromatic heterocycles. The number of anilines is 1. The molecule has 1 amide bonds. The van der Waals surface area contributed by atoms with Crippen LogP contribution in [0.2, 0.25) is 0 Å². The maximum atomic E-state index is 12.3. The Bertz CT molecular complexity index is 580. The summed E-state index contributed by atoms with van der Waals surface area (Å²) in [5.41, 5.74) is -0.407. The van der Waals surface area contributed by atoms with Crippen molar-refractivity contribution >= 4 is 17.6 Å². The summed E-state index contributed by atoms with van der Waals surface area (Å²) in [5, 5.41) is 12.1. The summed E-state index contributed by atoms with van der Waals surface area (Å²) < 4.78 is 10.9. The molecule has 0 unspecified atom stereocenters. The lowest BCUT2D eigenvalue weighted by molar-refractivity contribution is -0.157. The number of nitrogens with one attached hydrogen (secondary N) is 1. The summed E-state index contributed by atoms with van der Waals surface area (Å²) in [7, 11) is 0. The van der Waals surface area contributed by atoms with Gasteiger partial charge in [-0.3, -0.25) is 9.59 Å². The van der Waals surface area contributed by atoms with Crippen LogP contribution in [0.1, 0.15) is 39.5 Å². The Morgan fingerprint density at radius 3 is 2.43 bits per heavy atom. The smallest absolute Gasteiger partial charge is 0.310 e. The van der Waals surface area contributed by atoms with Gasteiger partial charge in [-0.1, -0.05) is 6.42 Å². The second-order valence-electron chi connectivity index (χ2n) is 5.69. The number of ether oxygens (including phenoxy) is 2. The van der Waals surface area contributed by atoms with Gasteiger partial charge in [-0.05, 0) is 38.8 Å². The Labute approximate surface area is 135 Å². The van der Waals surface area contributed by atoms with Crippen LogP contribution in [-0.4, -0.2) is 30.2 Å². The zero-order valence-electron chi connectivity index (χ0n) is 13.6. The van der Waals surface area contributed by atoms with Crippen molar-refractivity contribution in [2.24, 2.45) is 5.41 Å². The first-order chi connectivity index (χ1) is 11.0. The standard InChI is InChI=1S/C17H23NO5/c1-3-22-12-6-7-14(23-4-2)13(10-12)18-15(19)11-17(16(20)21)8-5-9-17/h6-7,10H,3-5,8-9,11H2,1-2H3,(H,18,19)(H,20,21). The Morgan fingerprint density at radius 2 is 1.91 bits per heavy atom. The van der Waals surface area contributed by atoms with Crippen molar-refractivity contribution in [2.45, 2.75) is 39.5 Å². The average molecular weight is 321 g/mol. The number of hydrogen-bond acceptors (Lipinski definition) is 4. The van der Waals surface area contributed by atoms with E-state index in [2.05, 4.69) is 5.32 Å². The second kappa shape index (κ2) is 7.35. The van der Waals surface area contributed by atoms with Gasteiger partial charge in [-0.2, -0.15) is 0 Å². The highest BCUT2D eigenvalue weighted by Crippen LogP contribution is 2.44. The zero-order chi connectivity index (χ0) is 16.9. The van der Waals surface area contributed by atoms with Crippen molar-refractivity contribution in [3.63, 3.8) is 0 Å². The van der Waals surface area contributed by atoms with Crippen LogP contribution < -0.4 is 14.8 Å². The number of carboxylic acids is 1. The molecule has 6 heteroatoms. The van der Waals surface area contributed by atoms with E-state index in [4.69, 9.17) is 9.47 Å². The van der Waals surface area contributed by atoms with Crippen molar-refractivity contribution in [1.82, 2.24) is 0 Å². The monoisotopic (exact) mass is 321 g/mol. The minimum Gasteiger partial charge on any atom is -0.494 e. The van der Waals surface area contributed by atoms with Gasteiger partial charge in [0.05, 0.1) is 24.3 Å². The van der Waals surface area contributed by atoms with E-state index in [1.165, 1.54) is 0 Å². The lowest BCUT2D eigenvalue weighted by Gasteiger charge is -2.36. The molecule has 1 aromatic rings. The van der Waals surface area contributed by atoms with E-state index in [1.807, 2.05) is 13.8 Å². The van der Waals surface area contributed by atoms with E-state index in [-0.39, 0.29) is 12.3 Å². The topological polar surface area (TPSA) is 84.9 Å². The molecule has 23 heavy (non-hydrogen) atoms. The van der Waals surface area contributed by atoms with E-state index >= 15 is 0 Å². The Kier molecular flexibility index (Phi) is 5.47. The number of benzene rings is 1. The predicted molar refractivity (Wildman–Crippen MR) is 85.9 cm³/mol. The summed E-state index contributed by atoms with van der Waals surface area (Å²) in [6.07, 6.45) is 1.93. The number of amides is 1. The third-order valence-electron chi connectivity index (χ3n) is 4.10. The molecule has 6 nitrogen and oxygen atoms in total. The van der Waals surface area contributed by atoms with E-state index in [0.717, 1.165) is 6.42 Å². The normalized spacial score (nSPS) is 15.4. The molecule has 2 rings (SSSR count). The molecule has 0 saturated heterocycles. The molecular formula is C17H23NO5.